The molecule has 0 radical (unpaired) electrons. The first-order valence-corrected chi connectivity index (χ1v) is 9.25. The SMILES string of the molecule is CC(C)(C)C#CCNC(=O)CCCC(=O)NCCOCCOC(C)(C)C. The second kappa shape index (κ2) is 12.7. The van der Waals surface area contributed by atoms with Crippen LogP contribution in [0.3, 0.4) is 0 Å². The molecule has 0 aromatic rings. The zero-order valence-electron chi connectivity index (χ0n) is 17.3. The van der Waals surface area contributed by atoms with Crippen LogP contribution in [-0.4, -0.2) is 50.3 Å². The van der Waals surface area contributed by atoms with Crippen LogP contribution in [-0.2, 0) is 19.1 Å². The molecule has 150 valence electrons. The standard InChI is InChI=1S/C20H36N2O4/c1-19(2,3)11-8-12-21-17(23)9-7-10-18(24)22-13-14-25-15-16-26-20(4,5)6/h7,9-10,12-16H2,1-6H3,(H,21,23)(H,22,24). The van der Waals surface area contributed by atoms with Crippen LogP contribution in [0, 0.1) is 17.3 Å². The highest BCUT2D eigenvalue weighted by Gasteiger charge is 2.09. The lowest BCUT2D eigenvalue weighted by molar-refractivity contribution is -0.122. The third kappa shape index (κ3) is 18.8. The fourth-order valence-corrected chi connectivity index (χ4v) is 1.81. The Morgan fingerprint density at radius 3 is 2.08 bits per heavy atom. The van der Waals surface area contributed by atoms with Crippen LogP contribution < -0.4 is 10.6 Å². The van der Waals surface area contributed by atoms with Crippen molar-refractivity contribution >= 4 is 11.8 Å². The van der Waals surface area contributed by atoms with Gasteiger partial charge in [0.15, 0.2) is 0 Å². The summed E-state index contributed by atoms with van der Waals surface area (Å²) in [7, 11) is 0. The highest BCUT2D eigenvalue weighted by molar-refractivity contribution is 5.78. The van der Waals surface area contributed by atoms with Gasteiger partial charge in [-0.3, -0.25) is 9.59 Å². The van der Waals surface area contributed by atoms with Gasteiger partial charge in [0, 0.05) is 24.8 Å². The molecule has 2 N–H and O–H groups in total. The van der Waals surface area contributed by atoms with Gasteiger partial charge in [0.05, 0.1) is 32.0 Å². The van der Waals surface area contributed by atoms with Crippen LogP contribution in [0.4, 0.5) is 0 Å². The van der Waals surface area contributed by atoms with Crippen molar-refractivity contribution in [2.75, 3.05) is 32.9 Å². The average Bonchev–Trinajstić information content (AvgIpc) is 2.48. The van der Waals surface area contributed by atoms with Crippen molar-refractivity contribution in [3.8, 4) is 11.8 Å². The maximum absolute atomic E-state index is 11.7. The van der Waals surface area contributed by atoms with Crippen molar-refractivity contribution in [1.29, 1.82) is 0 Å². The van der Waals surface area contributed by atoms with Crippen LogP contribution >= 0.6 is 0 Å². The highest BCUT2D eigenvalue weighted by atomic mass is 16.5. The van der Waals surface area contributed by atoms with Crippen LogP contribution in [0.15, 0.2) is 0 Å². The normalized spacial score (nSPS) is 11.5. The lowest BCUT2D eigenvalue weighted by Gasteiger charge is -2.19. The van der Waals surface area contributed by atoms with Crippen molar-refractivity contribution < 1.29 is 19.1 Å². The molecule has 0 atom stereocenters. The molecule has 0 saturated carbocycles. The molecule has 0 aromatic heterocycles. The van der Waals surface area contributed by atoms with E-state index in [0.29, 0.717) is 52.2 Å². The largest absolute Gasteiger partial charge is 0.377 e. The van der Waals surface area contributed by atoms with Gasteiger partial charge in [0.1, 0.15) is 0 Å². The van der Waals surface area contributed by atoms with Crippen molar-refractivity contribution in [2.24, 2.45) is 5.41 Å². The number of ether oxygens (including phenoxy) is 2. The Labute approximate surface area is 158 Å². The number of carbonyl (C=O) groups excluding carboxylic acids is 2. The first-order chi connectivity index (χ1) is 12.0. The van der Waals surface area contributed by atoms with Gasteiger partial charge in [-0.25, -0.2) is 0 Å². The van der Waals surface area contributed by atoms with Crippen LogP contribution in [0.25, 0.3) is 0 Å². The van der Waals surface area contributed by atoms with E-state index in [2.05, 4.69) is 22.5 Å². The van der Waals surface area contributed by atoms with E-state index < -0.39 is 0 Å². The third-order valence-corrected chi connectivity index (χ3v) is 2.98. The number of nitrogens with one attached hydrogen (secondary N) is 2. The second-order valence-corrected chi connectivity index (χ2v) is 8.11. The van der Waals surface area contributed by atoms with E-state index in [1.165, 1.54) is 0 Å². The van der Waals surface area contributed by atoms with Gasteiger partial charge >= 0.3 is 0 Å². The summed E-state index contributed by atoms with van der Waals surface area (Å²) in [5.41, 5.74) is -0.227. The Bertz CT molecular complexity index is 479. The molecule has 2 amide bonds. The molecule has 0 aliphatic carbocycles. The fourth-order valence-electron chi connectivity index (χ4n) is 1.81. The smallest absolute Gasteiger partial charge is 0.220 e. The molecule has 0 fully saturated rings. The van der Waals surface area contributed by atoms with E-state index in [4.69, 9.17) is 9.47 Å². The maximum atomic E-state index is 11.7. The zero-order chi connectivity index (χ0) is 20.1. The van der Waals surface area contributed by atoms with Crippen LogP contribution in [0.2, 0.25) is 0 Å². The lowest BCUT2D eigenvalue weighted by atomic mass is 9.98. The van der Waals surface area contributed by atoms with Gasteiger partial charge in [-0.05, 0) is 48.0 Å². The number of hydrogen-bond donors (Lipinski definition) is 2. The quantitative estimate of drug-likeness (QED) is 0.433. The molecule has 0 bridgehead atoms. The van der Waals surface area contributed by atoms with E-state index in [1.54, 1.807) is 0 Å². The molecular weight excluding hydrogens is 332 g/mol. The van der Waals surface area contributed by atoms with E-state index in [-0.39, 0.29) is 22.8 Å². The molecule has 0 unspecified atom stereocenters. The Morgan fingerprint density at radius 2 is 1.50 bits per heavy atom. The maximum Gasteiger partial charge on any atom is 0.220 e. The predicted octanol–water partition coefficient (Wildman–Crippen LogP) is 2.27. The minimum atomic E-state index is -0.164. The van der Waals surface area contributed by atoms with E-state index in [0.717, 1.165) is 0 Å². The van der Waals surface area contributed by atoms with Gasteiger partial charge < -0.3 is 20.1 Å². The third-order valence-electron chi connectivity index (χ3n) is 2.98. The molecule has 0 aromatic carbocycles. The number of carbonyl (C=O) groups is 2. The monoisotopic (exact) mass is 368 g/mol. The molecule has 0 spiro atoms. The fraction of sp³-hybridized carbons (Fsp3) is 0.800. The highest BCUT2D eigenvalue weighted by Crippen LogP contribution is 2.09. The molecule has 0 heterocycles. The summed E-state index contributed by atoms with van der Waals surface area (Å²) in [6.07, 6.45) is 1.17. The number of rotatable bonds is 11. The molecule has 0 rings (SSSR count). The van der Waals surface area contributed by atoms with Crippen molar-refractivity contribution in [1.82, 2.24) is 10.6 Å². The summed E-state index contributed by atoms with van der Waals surface area (Å²) >= 11 is 0. The van der Waals surface area contributed by atoms with Crippen LogP contribution in [0.5, 0.6) is 0 Å². The Balaban J connectivity index is 3.56. The first-order valence-electron chi connectivity index (χ1n) is 9.25. The lowest BCUT2D eigenvalue weighted by Crippen LogP contribution is -2.28. The molecule has 6 nitrogen and oxygen atoms in total. The van der Waals surface area contributed by atoms with Gasteiger partial charge in [-0.2, -0.15) is 0 Å². The average molecular weight is 369 g/mol. The molecule has 6 heteroatoms. The summed E-state index contributed by atoms with van der Waals surface area (Å²) in [5, 5.41) is 5.51. The van der Waals surface area contributed by atoms with Gasteiger partial charge in [0.2, 0.25) is 11.8 Å². The summed E-state index contributed by atoms with van der Waals surface area (Å²) in [6.45, 7) is 14.3. The number of amides is 2. The Hall–Kier alpha value is -1.58. The second-order valence-electron chi connectivity index (χ2n) is 8.11. The van der Waals surface area contributed by atoms with Gasteiger partial charge in [-0.1, -0.05) is 11.8 Å². The predicted molar refractivity (Wildman–Crippen MR) is 104 cm³/mol. The molecular formula is C20H36N2O4. The summed E-state index contributed by atoms with van der Waals surface area (Å²) < 4.78 is 10.9. The van der Waals surface area contributed by atoms with Crippen molar-refractivity contribution in [3.05, 3.63) is 0 Å². The molecule has 0 saturated heterocycles. The summed E-state index contributed by atoms with van der Waals surface area (Å²) in [5.74, 6) is 5.83. The molecule has 26 heavy (non-hydrogen) atoms. The molecule has 0 aliphatic rings. The van der Waals surface area contributed by atoms with E-state index >= 15 is 0 Å². The molecule has 0 aliphatic heterocycles. The van der Waals surface area contributed by atoms with Crippen molar-refractivity contribution in [2.45, 2.75) is 66.4 Å². The zero-order valence-corrected chi connectivity index (χ0v) is 17.3. The minimum Gasteiger partial charge on any atom is -0.377 e. The summed E-state index contributed by atoms with van der Waals surface area (Å²) in [4.78, 5) is 23.3. The topological polar surface area (TPSA) is 76.7 Å². The minimum absolute atomic E-state index is 0.0633. The Morgan fingerprint density at radius 1 is 0.885 bits per heavy atom. The van der Waals surface area contributed by atoms with Crippen molar-refractivity contribution in [3.63, 3.8) is 0 Å². The van der Waals surface area contributed by atoms with Gasteiger partial charge in [0.25, 0.3) is 0 Å². The first kappa shape index (κ1) is 24.4. The van der Waals surface area contributed by atoms with Gasteiger partial charge in [-0.15, -0.1) is 0 Å². The summed E-state index contributed by atoms with van der Waals surface area (Å²) in [6, 6.07) is 0. The Kier molecular flexibility index (Phi) is 11.9. The van der Waals surface area contributed by atoms with Crippen LogP contribution in [0.1, 0.15) is 60.8 Å². The van der Waals surface area contributed by atoms with E-state index in [1.807, 2.05) is 41.5 Å². The van der Waals surface area contributed by atoms with E-state index in [9.17, 15) is 9.59 Å². The number of hydrogen-bond acceptors (Lipinski definition) is 4.